The van der Waals surface area contributed by atoms with Gasteiger partial charge in [-0.2, -0.15) is 0 Å². The molecule has 0 aromatic heterocycles. The highest BCUT2D eigenvalue weighted by Crippen LogP contribution is 2.43. The molecule has 1 aromatic carbocycles. The Kier molecular flexibility index (Phi) is 5.35. The van der Waals surface area contributed by atoms with Crippen molar-refractivity contribution >= 4 is 13.1 Å². The van der Waals surface area contributed by atoms with Crippen LogP contribution in [0.25, 0.3) is 0 Å². The quantitative estimate of drug-likeness (QED) is 0.421. The third-order valence-corrected chi connectivity index (χ3v) is 2.91. The van der Waals surface area contributed by atoms with Crippen LogP contribution in [0.1, 0.15) is 24.2 Å². The van der Waals surface area contributed by atoms with Crippen molar-refractivity contribution in [2.24, 2.45) is 0 Å². The van der Waals surface area contributed by atoms with E-state index in [4.69, 9.17) is 33.7 Å². The fraction of sp³-hybridized carbons (Fsp3) is 0.500. The molecule has 0 saturated carbocycles. The van der Waals surface area contributed by atoms with Crippen LogP contribution in [-0.4, -0.2) is 55.8 Å². The number of esters is 1. The fourth-order valence-corrected chi connectivity index (χ4v) is 2.01. The van der Waals surface area contributed by atoms with Crippen molar-refractivity contribution in [2.45, 2.75) is 19.6 Å². The van der Waals surface area contributed by atoms with Gasteiger partial charge >= 0.3 is 13.1 Å². The second kappa shape index (κ2) is 7.07. The first-order valence-corrected chi connectivity index (χ1v) is 7.04. The highest BCUT2D eigenvalue weighted by Gasteiger charge is 2.38. The Hall–Kier alpha value is -1.97. The first-order chi connectivity index (χ1) is 10.8. The fourth-order valence-electron chi connectivity index (χ4n) is 2.01. The Balaban J connectivity index is 2.36. The average Bonchev–Trinajstić information content (AvgIpc) is 2.44. The number of fused-ring (bicyclic) bond motifs is 1. The van der Waals surface area contributed by atoms with Gasteiger partial charge in [-0.05, 0) is 12.1 Å². The summed E-state index contributed by atoms with van der Waals surface area (Å²) < 4.78 is 26.5. The van der Waals surface area contributed by atoms with Crippen LogP contribution in [-0.2, 0) is 9.47 Å². The van der Waals surface area contributed by atoms with Crippen LogP contribution < -0.4 is 14.2 Å². The third-order valence-electron chi connectivity index (χ3n) is 2.91. The largest absolute Gasteiger partial charge is 0.492 e. The molecule has 0 atom stereocenters. The molecule has 1 heterocycles. The van der Waals surface area contributed by atoms with Gasteiger partial charge in [-0.1, -0.05) is 0 Å². The molecule has 0 saturated heterocycles. The summed E-state index contributed by atoms with van der Waals surface area (Å²) >= 11 is 0. The van der Waals surface area contributed by atoms with E-state index in [-0.39, 0.29) is 35.9 Å². The zero-order valence-corrected chi connectivity index (χ0v) is 13.2. The van der Waals surface area contributed by atoms with E-state index in [9.17, 15) is 4.79 Å². The summed E-state index contributed by atoms with van der Waals surface area (Å²) in [4.78, 5) is 12.3. The highest BCUT2D eigenvalue weighted by atomic mass is 16.7. The van der Waals surface area contributed by atoms with Gasteiger partial charge in [-0.3, -0.25) is 0 Å². The Morgan fingerprint density at radius 2 is 1.83 bits per heavy atom. The second-order valence-corrected chi connectivity index (χ2v) is 5.29. The topological polar surface area (TPSA) is 104 Å². The minimum Gasteiger partial charge on any atom is -0.492 e. The zero-order chi connectivity index (χ0) is 17.0. The molecular formula is C14H19BO8. The second-order valence-electron chi connectivity index (χ2n) is 5.29. The first kappa shape index (κ1) is 17.4. The number of cyclic esters (lactones) is 1. The van der Waals surface area contributed by atoms with Crippen molar-refractivity contribution in [1.82, 2.24) is 0 Å². The smallest absolute Gasteiger partial charge is 0.491 e. The number of carbonyl (C=O) groups excluding carboxylic acids is 1. The molecule has 1 aliphatic heterocycles. The number of hydrogen-bond donors (Lipinski definition) is 2. The Morgan fingerprint density at radius 1 is 1.13 bits per heavy atom. The number of carbonyl (C=O) groups is 1. The molecule has 0 radical (unpaired) electrons. The lowest BCUT2D eigenvalue weighted by Gasteiger charge is -2.33. The standard InChI is InChI=1S/C14H19BO8/c1-14(2)22-12-10(21-8-15(17)18)5-4-9(20-7-6-19-3)11(12)13(16)23-14/h4-5,17-18H,6-8H2,1-3H3. The van der Waals surface area contributed by atoms with Crippen molar-refractivity contribution in [3.8, 4) is 17.2 Å². The van der Waals surface area contributed by atoms with E-state index in [1.807, 2.05) is 0 Å². The van der Waals surface area contributed by atoms with Crippen molar-refractivity contribution in [1.29, 1.82) is 0 Å². The monoisotopic (exact) mass is 326 g/mol. The molecule has 23 heavy (non-hydrogen) atoms. The molecular weight excluding hydrogens is 307 g/mol. The average molecular weight is 326 g/mol. The van der Waals surface area contributed by atoms with Crippen molar-refractivity contribution in [2.75, 3.05) is 26.8 Å². The van der Waals surface area contributed by atoms with Gasteiger partial charge in [0.1, 0.15) is 24.4 Å². The molecule has 0 unspecified atom stereocenters. The predicted molar refractivity (Wildman–Crippen MR) is 79.6 cm³/mol. The lowest BCUT2D eigenvalue weighted by molar-refractivity contribution is -0.128. The zero-order valence-electron chi connectivity index (χ0n) is 13.2. The van der Waals surface area contributed by atoms with Crippen LogP contribution in [0, 0.1) is 0 Å². The maximum absolute atomic E-state index is 12.3. The third kappa shape index (κ3) is 4.28. The molecule has 1 aromatic rings. The molecule has 9 heteroatoms. The van der Waals surface area contributed by atoms with E-state index in [0.29, 0.717) is 6.61 Å². The van der Waals surface area contributed by atoms with Crippen LogP contribution in [0.3, 0.4) is 0 Å². The summed E-state index contributed by atoms with van der Waals surface area (Å²) in [5, 5.41) is 17.9. The number of methoxy groups -OCH3 is 1. The van der Waals surface area contributed by atoms with Gasteiger partial charge in [0, 0.05) is 21.0 Å². The normalized spacial score (nSPS) is 15.3. The van der Waals surface area contributed by atoms with E-state index in [2.05, 4.69) is 0 Å². The summed E-state index contributed by atoms with van der Waals surface area (Å²) in [6.45, 7) is 3.39. The summed E-state index contributed by atoms with van der Waals surface area (Å²) in [7, 11) is -0.109. The highest BCUT2D eigenvalue weighted by molar-refractivity contribution is 6.40. The van der Waals surface area contributed by atoms with Crippen LogP contribution >= 0.6 is 0 Å². The summed E-state index contributed by atoms with van der Waals surface area (Å²) in [6, 6.07) is 3.05. The number of benzene rings is 1. The number of ether oxygens (including phenoxy) is 5. The minimum atomic E-state index is -1.65. The molecule has 0 bridgehead atoms. The molecule has 0 spiro atoms. The van der Waals surface area contributed by atoms with Crippen molar-refractivity contribution in [3.63, 3.8) is 0 Å². The minimum absolute atomic E-state index is 0.0883. The van der Waals surface area contributed by atoms with Crippen molar-refractivity contribution in [3.05, 3.63) is 17.7 Å². The van der Waals surface area contributed by atoms with Crippen LogP contribution in [0.15, 0.2) is 12.1 Å². The number of hydrogen-bond acceptors (Lipinski definition) is 8. The van der Waals surface area contributed by atoms with Gasteiger partial charge in [0.25, 0.3) is 0 Å². The first-order valence-electron chi connectivity index (χ1n) is 7.04. The van der Waals surface area contributed by atoms with Gasteiger partial charge in [-0.25, -0.2) is 4.79 Å². The molecule has 8 nitrogen and oxygen atoms in total. The molecule has 2 N–H and O–H groups in total. The van der Waals surface area contributed by atoms with Crippen LogP contribution in [0.5, 0.6) is 17.2 Å². The summed E-state index contributed by atoms with van der Waals surface area (Å²) in [6.07, 6.45) is 0. The summed E-state index contributed by atoms with van der Waals surface area (Å²) in [5.74, 6) is -1.18. The van der Waals surface area contributed by atoms with Gasteiger partial charge < -0.3 is 33.7 Å². The van der Waals surface area contributed by atoms with Crippen LogP contribution in [0.4, 0.5) is 0 Å². The lowest BCUT2D eigenvalue weighted by atomic mass is 9.95. The molecule has 0 fully saturated rings. The van der Waals surface area contributed by atoms with Gasteiger partial charge in [0.2, 0.25) is 5.79 Å². The molecule has 0 aliphatic carbocycles. The maximum atomic E-state index is 12.3. The summed E-state index contributed by atoms with van der Waals surface area (Å²) in [5.41, 5.74) is 0.0883. The van der Waals surface area contributed by atoms with E-state index >= 15 is 0 Å². The molecule has 126 valence electrons. The molecule has 2 rings (SSSR count). The van der Waals surface area contributed by atoms with E-state index < -0.39 is 18.9 Å². The predicted octanol–water partition coefficient (Wildman–Crippen LogP) is 0.388. The van der Waals surface area contributed by atoms with Crippen molar-refractivity contribution < 1.29 is 38.5 Å². The molecule has 0 amide bonds. The Labute approximate surface area is 134 Å². The maximum Gasteiger partial charge on any atom is 0.491 e. The Bertz CT molecular complexity index is 572. The van der Waals surface area contributed by atoms with E-state index in [1.165, 1.54) is 19.2 Å². The Morgan fingerprint density at radius 3 is 2.48 bits per heavy atom. The lowest BCUT2D eigenvalue weighted by Crippen LogP contribution is -2.39. The van der Waals surface area contributed by atoms with E-state index in [0.717, 1.165) is 0 Å². The van der Waals surface area contributed by atoms with Gasteiger partial charge in [-0.15, -0.1) is 0 Å². The van der Waals surface area contributed by atoms with Gasteiger partial charge in [0.15, 0.2) is 11.5 Å². The SMILES string of the molecule is COCCOc1ccc(OCB(O)O)c2c1C(=O)OC(C)(C)O2. The van der Waals surface area contributed by atoms with E-state index in [1.54, 1.807) is 13.8 Å². The van der Waals surface area contributed by atoms with Gasteiger partial charge in [0.05, 0.1) is 6.61 Å². The number of rotatable bonds is 7. The molecule has 1 aliphatic rings. The van der Waals surface area contributed by atoms with Crippen LogP contribution in [0.2, 0.25) is 0 Å².